The van der Waals surface area contributed by atoms with Gasteiger partial charge in [-0.15, -0.1) is 0 Å². The molecule has 0 saturated carbocycles. The smallest absolute Gasteiger partial charge is 0.322 e. The molecular formula is C27H30F3NO3. The van der Waals surface area contributed by atoms with E-state index in [1.165, 1.54) is 17.2 Å². The molecule has 0 aliphatic rings. The molecule has 0 aliphatic heterocycles. The molecule has 0 unspecified atom stereocenters. The summed E-state index contributed by atoms with van der Waals surface area (Å²) in [6, 6.07) is 20.6. The number of alkyl halides is 3. The maximum atomic E-state index is 12.1. The van der Waals surface area contributed by atoms with E-state index >= 15 is 0 Å². The van der Waals surface area contributed by atoms with E-state index in [1.54, 1.807) is 13.0 Å². The Morgan fingerprint density at radius 3 is 1.85 bits per heavy atom. The highest BCUT2D eigenvalue weighted by Gasteiger charge is 2.29. The molecule has 3 aromatic carbocycles. The third kappa shape index (κ3) is 10.3. The zero-order valence-electron chi connectivity index (χ0n) is 19.6. The van der Waals surface area contributed by atoms with Gasteiger partial charge in [-0.2, -0.15) is 13.2 Å². The fourth-order valence-corrected chi connectivity index (χ4v) is 2.99. The van der Waals surface area contributed by atoms with Crippen molar-refractivity contribution in [2.45, 2.75) is 39.8 Å². The highest BCUT2D eigenvalue weighted by molar-refractivity contribution is 6.04. The number of benzene rings is 3. The summed E-state index contributed by atoms with van der Waals surface area (Å²) in [6.45, 7) is 9.92. The molecule has 3 aromatic rings. The van der Waals surface area contributed by atoms with Gasteiger partial charge >= 0.3 is 6.18 Å². The first-order valence-corrected chi connectivity index (χ1v) is 10.4. The lowest BCUT2D eigenvalue weighted by Crippen LogP contribution is -2.12. The molecule has 4 nitrogen and oxygen atoms in total. The minimum Gasteiger partial charge on any atom is -0.322 e. The third-order valence-corrected chi connectivity index (χ3v) is 4.61. The van der Waals surface area contributed by atoms with Gasteiger partial charge in [0.2, 0.25) is 0 Å². The predicted molar refractivity (Wildman–Crippen MR) is 130 cm³/mol. The van der Waals surface area contributed by atoms with Crippen LogP contribution in [0.2, 0.25) is 0 Å². The predicted octanol–water partition coefficient (Wildman–Crippen LogP) is 6.71. The van der Waals surface area contributed by atoms with E-state index in [-0.39, 0.29) is 5.91 Å². The maximum Gasteiger partial charge on any atom is 0.416 e. The van der Waals surface area contributed by atoms with Gasteiger partial charge in [0.05, 0.1) is 5.56 Å². The van der Waals surface area contributed by atoms with Crippen molar-refractivity contribution in [1.29, 1.82) is 0 Å². The molecule has 0 saturated heterocycles. The van der Waals surface area contributed by atoms with E-state index in [4.69, 9.17) is 9.59 Å². The summed E-state index contributed by atoms with van der Waals surface area (Å²) < 4.78 is 35.9. The normalized spacial score (nSPS) is 9.71. The first kappa shape index (κ1) is 30.3. The molecule has 0 aromatic heterocycles. The molecule has 0 bridgehead atoms. The van der Waals surface area contributed by atoms with Gasteiger partial charge in [-0.25, -0.2) is 0 Å². The van der Waals surface area contributed by atoms with Crippen molar-refractivity contribution in [3.8, 4) is 0 Å². The number of aryl methyl sites for hydroxylation is 3. The molecule has 0 fully saturated rings. The molecule has 0 atom stereocenters. The van der Waals surface area contributed by atoms with Gasteiger partial charge in [-0.3, -0.25) is 4.79 Å². The van der Waals surface area contributed by atoms with Gasteiger partial charge in [0.25, 0.3) is 5.91 Å². The molecule has 3 rings (SSSR count). The molecule has 34 heavy (non-hydrogen) atoms. The van der Waals surface area contributed by atoms with Gasteiger partial charge < -0.3 is 14.9 Å². The highest BCUT2D eigenvalue weighted by atomic mass is 19.4. The van der Waals surface area contributed by atoms with E-state index in [0.29, 0.717) is 11.1 Å². The lowest BCUT2D eigenvalue weighted by atomic mass is 10.0. The molecule has 1 N–H and O–H groups in total. The van der Waals surface area contributed by atoms with E-state index in [0.717, 1.165) is 30.7 Å². The standard InChI is InChI=1S/C17H19NO.C8H7F3.2CH2O/c1-3-13-10-11-16(12-14(13)4-2)18-17(19)15-8-6-5-7-9-15;1-6-3-2-4-7(5-6)8(9,10)11;2*1-2/h5-12H,3-4H2,1-2H3,(H,18,19);2-5H,1H3;2*1H2. The Kier molecular flexibility index (Phi) is 14.2. The third-order valence-electron chi connectivity index (χ3n) is 4.61. The van der Waals surface area contributed by atoms with Crippen LogP contribution in [-0.2, 0) is 28.6 Å². The van der Waals surface area contributed by atoms with Crippen molar-refractivity contribution in [3.63, 3.8) is 0 Å². The SMILES string of the molecule is C=O.C=O.CCc1ccc(NC(=O)c2ccccc2)cc1CC.Cc1cccc(C(F)(F)F)c1. The molecule has 0 spiro atoms. The van der Waals surface area contributed by atoms with Crippen LogP contribution in [0.25, 0.3) is 0 Å². The van der Waals surface area contributed by atoms with E-state index in [1.807, 2.05) is 50.0 Å². The molecule has 0 aliphatic carbocycles. The minimum atomic E-state index is -4.22. The van der Waals surface area contributed by atoms with Crippen LogP contribution in [0.3, 0.4) is 0 Å². The second kappa shape index (κ2) is 16.0. The Labute approximate surface area is 198 Å². The Balaban J connectivity index is 0.000000618. The Morgan fingerprint density at radius 2 is 1.38 bits per heavy atom. The Bertz CT molecular complexity index is 1000. The molecular weight excluding hydrogens is 443 g/mol. The number of anilines is 1. The number of halogens is 3. The van der Waals surface area contributed by atoms with Gasteiger partial charge in [0, 0.05) is 11.3 Å². The molecule has 7 heteroatoms. The quantitative estimate of drug-likeness (QED) is 0.458. The summed E-state index contributed by atoms with van der Waals surface area (Å²) in [6.07, 6.45) is -2.21. The highest BCUT2D eigenvalue weighted by Crippen LogP contribution is 2.29. The van der Waals surface area contributed by atoms with Crippen LogP contribution in [0.1, 0.15) is 46.5 Å². The number of carbonyl (C=O) groups is 3. The van der Waals surface area contributed by atoms with Crippen LogP contribution in [0.4, 0.5) is 18.9 Å². The Morgan fingerprint density at radius 1 is 0.794 bits per heavy atom. The van der Waals surface area contributed by atoms with Crippen molar-refractivity contribution >= 4 is 25.2 Å². The zero-order chi connectivity index (χ0) is 26.1. The van der Waals surface area contributed by atoms with Crippen LogP contribution < -0.4 is 5.32 Å². The number of nitrogens with one attached hydrogen (secondary N) is 1. The fraction of sp³-hybridized carbons (Fsp3) is 0.222. The number of carbonyl (C=O) groups excluding carboxylic acids is 3. The van der Waals surface area contributed by atoms with Crippen molar-refractivity contribution in [2.75, 3.05) is 5.32 Å². The number of hydrogen-bond donors (Lipinski definition) is 1. The molecule has 182 valence electrons. The lowest BCUT2D eigenvalue weighted by Gasteiger charge is -2.10. The summed E-state index contributed by atoms with van der Waals surface area (Å²) in [5.74, 6) is -0.0631. The van der Waals surface area contributed by atoms with Crippen LogP contribution in [0.5, 0.6) is 0 Å². The Hall–Kier alpha value is -3.74. The van der Waals surface area contributed by atoms with Crippen molar-refractivity contribution in [1.82, 2.24) is 0 Å². The average Bonchev–Trinajstić information content (AvgIpc) is 2.87. The van der Waals surface area contributed by atoms with Gasteiger partial charge in [0.1, 0.15) is 13.6 Å². The summed E-state index contributed by atoms with van der Waals surface area (Å²) >= 11 is 0. The van der Waals surface area contributed by atoms with E-state index in [9.17, 15) is 18.0 Å². The van der Waals surface area contributed by atoms with Crippen LogP contribution in [0.15, 0.2) is 72.8 Å². The average molecular weight is 474 g/mol. The number of rotatable bonds is 4. The van der Waals surface area contributed by atoms with Gasteiger partial charge in [0.15, 0.2) is 0 Å². The number of hydrogen-bond acceptors (Lipinski definition) is 3. The number of amides is 1. The molecule has 0 heterocycles. The van der Waals surface area contributed by atoms with Gasteiger partial charge in [-0.05, 0) is 61.2 Å². The summed E-state index contributed by atoms with van der Waals surface area (Å²) in [5.41, 5.74) is 4.23. The monoisotopic (exact) mass is 473 g/mol. The second-order valence-corrected chi connectivity index (χ2v) is 6.88. The van der Waals surface area contributed by atoms with E-state index < -0.39 is 11.7 Å². The van der Waals surface area contributed by atoms with Gasteiger partial charge in [-0.1, -0.05) is 61.9 Å². The zero-order valence-corrected chi connectivity index (χ0v) is 19.6. The molecule has 0 radical (unpaired) electrons. The fourth-order valence-electron chi connectivity index (χ4n) is 2.99. The van der Waals surface area contributed by atoms with Crippen LogP contribution in [0, 0.1) is 6.92 Å². The summed E-state index contributed by atoms with van der Waals surface area (Å²) in [4.78, 5) is 28.1. The topological polar surface area (TPSA) is 63.2 Å². The van der Waals surface area contributed by atoms with Crippen LogP contribution in [-0.4, -0.2) is 19.5 Å². The first-order valence-electron chi connectivity index (χ1n) is 10.4. The van der Waals surface area contributed by atoms with Crippen molar-refractivity contribution in [2.24, 2.45) is 0 Å². The van der Waals surface area contributed by atoms with Crippen molar-refractivity contribution < 1.29 is 27.6 Å². The largest absolute Gasteiger partial charge is 0.416 e. The minimum absolute atomic E-state index is 0.0631. The lowest BCUT2D eigenvalue weighted by molar-refractivity contribution is -0.137. The summed E-state index contributed by atoms with van der Waals surface area (Å²) in [5, 5.41) is 2.95. The van der Waals surface area contributed by atoms with E-state index in [2.05, 4.69) is 31.3 Å². The second-order valence-electron chi connectivity index (χ2n) is 6.88. The first-order chi connectivity index (χ1) is 16.2. The maximum absolute atomic E-state index is 12.1. The van der Waals surface area contributed by atoms with Crippen molar-refractivity contribution in [3.05, 3.63) is 101 Å². The molecule has 1 amide bonds. The summed E-state index contributed by atoms with van der Waals surface area (Å²) in [7, 11) is 0. The van der Waals surface area contributed by atoms with Crippen LogP contribution >= 0.6 is 0 Å².